The molecule has 0 amide bonds. The molecule has 1 radical (unpaired) electrons. The van der Waals surface area contributed by atoms with Crippen LogP contribution in [0.15, 0.2) is 0 Å². The maximum atomic E-state index is 5.37. The van der Waals surface area contributed by atoms with Crippen molar-refractivity contribution < 1.29 is 0 Å². The Morgan fingerprint density at radius 1 is 2.00 bits per heavy atom. The third-order valence-electron chi connectivity index (χ3n) is 0.279. The van der Waals surface area contributed by atoms with E-state index < -0.39 is 0 Å². The fourth-order valence-electron chi connectivity index (χ4n) is 0. The Morgan fingerprint density at radius 2 is 2.17 bits per heavy atom. The van der Waals surface area contributed by atoms with Gasteiger partial charge in [0.25, 0.3) is 0 Å². The molecular formula is C4H7BrCl. The monoisotopic (exact) mass is 169 g/mol. The second kappa shape index (κ2) is 2.17. The Balaban J connectivity index is 3.17. The molecule has 0 rings (SSSR count). The lowest BCUT2D eigenvalue weighted by atomic mass is 10.3. The van der Waals surface area contributed by atoms with E-state index >= 15 is 0 Å². The van der Waals surface area contributed by atoms with Gasteiger partial charge in [0, 0.05) is 10.2 Å². The van der Waals surface area contributed by atoms with Crippen molar-refractivity contribution in [3.63, 3.8) is 0 Å². The van der Waals surface area contributed by atoms with Crippen molar-refractivity contribution in [2.45, 2.75) is 11.2 Å². The van der Waals surface area contributed by atoms with E-state index in [1.165, 1.54) is 0 Å². The summed E-state index contributed by atoms with van der Waals surface area (Å²) in [7, 11) is 0. The fraction of sp³-hybridized carbons (Fsp3) is 0.750. The molecule has 0 saturated carbocycles. The minimum Gasteiger partial charge on any atom is -0.125 e. The molecule has 0 heterocycles. The lowest BCUT2D eigenvalue weighted by Gasteiger charge is -2.07. The predicted octanol–water partition coefficient (Wildman–Crippen LogP) is 2.21. The van der Waals surface area contributed by atoms with Gasteiger partial charge in [0.15, 0.2) is 0 Å². The highest BCUT2D eigenvalue weighted by atomic mass is 79.9. The van der Waals surface area contributed by atoms with Crippen LogP contribution in [-0.4, -0.2) is 10.2 Å². The molecule has 0 saturated heterocycles. The first kappa shape index (κ1) is 6.77. The van der Waals surface area contributed by atoms with Gasteiger partial charge < -0.3 is 0 Å². The topological polar surface area (TPSA) is 0 Å². The van der Waals surface area contributed by atoms with Gasteiger partial charge in [0.1, 0.15) is 0 Å². The van der Waals surface area contributed by atoms with E-state index in [-0.39, 0.29) is 4.32 Å². The van der Waals surface area contributed by atoms with Crippen LogP contribution in [0.4, 0.5) is 0 Å². The van der Waals surface area contributed by atoms with Crippen molar-refractivity contribution in [3.8, 4) is 0 Å². The first-order valence-electron chi connectivity index (χ1n) is 1.66. The highest BCUT2D eigenvalue weighted by molar-refractivity contribution is 9.10. The molecule has 0 fully saturated rings. The minimum atomic E-state index is -0.130. The molecule has 0 aromatic heterocycles. The molecule has 0 spiro atoms. The fourth-order valence-corrected chi connectivity index (χ4v) is 0. The molecular weight excluding hydrogens is 163 g/mol. The number of rotatable bonds is 1. The summed E-state index contributed by atoms with van der Waals surface area (Å²) < 4.78 is -0.130. The molecule has 0 aromatic carbocycles. The van der Waals surface area contributed by atoms with Crippen molar-refractivity contribution >= 4 is 27.5 Å². The lowest BCUT2D eigenvalue weighted by Crippen LogP contribution is -2.10. The van der Waals surface area contributed by atoms with Crippen molar-refractivity contribution in [3.05, 3.63) is 6.92 Å². The van der Waals surface area contributed by atoms with Gasteiger partial charge in [-0.1, -0.05) is 15.9 Å². The average Bonchev–Trinajstić information content (AvgIpc) is 1.35. The van der Waals surface area contributed by atoms with Gasteiger partial charge in [-0.15, -0.1) is 11.6 Å². The van der Waals surface area contributed by atoms with Crippen LogP contribution in [-0.2, 0) is 0 Å². The summed E-state index contributed by atoms with van der Waals surface area (Å²) in [5.41, 5.74) is 0. The van der Waals surface area contributed by atoms with Crippen LogP contribution in [0, 0.1) is 6.92 Å². The molecule has 2 heteroatoms. The van der Waals surface area contributed by atoms with E-state index in [1.54, 1.807) is 0 Å². The Kier molecular flexibility index (Phi) is 2.45. The summed E-state index contributed by atoms with van der Waals surface area (Å²) in [4.78, 5) is 0. The highest BCUT2D eigenvalue weighted by Gasteiger charge is 2.08. The Bertz CT molecular complexity index is 37.3. The standard InChI is InChI=1S/C4H7BrCl/c1-4(2,5)3-6/h1,3H2,2H3. The van der Waals surface area contributed by atoms with Crippen LogP contribution in [0.25, 0.3) is 0 Å². The molecule has 0 aliphatic heterocycles. The van der Waals surface area contributed by atoms with Crippen LogP contribution in [0.5, 0.6) is 0 Å². The van der Waals surface area contributed by atoms with Crippen LogP contribution < -0.4 is 0 Å². The van der Waals surface area contributed by atoms with Gasteiger partial charge >= 0.3 is 0 Å². The number of hydrogen-bond acceptors (Lipinski definition) is 0. The van der Waals surface area contributed by atoms with Crippen LogP contribution in [0.2, 0.25) is 0 Å². The van der Waals surface area contributed by atoms with E-state index in [2.05, 4.69) is 22.9 Å². The Hall–Kier alpha value is 0.770. The molecule has 0 nitrogen and oxygen atoms in total. The molecule has 1 atom stereocenters. The number of alkyl halides is 2. The Labute approximate surface area is 52.0 Å². The van der Waals surface area contributed by atoms with Gasteiger partial charge in [-0.3, -0.25) is 0 Å². The summed E-state index contributed by atoms with van der Waals surface area (Å²) >= 11 is 8.60. The zero-order chi connectivity index (χ0) is 5.21. The normalized spacial score (nSPS) is 12.0. The lowest BCUT2D eigenvalue weighted by molar-refractivity contribution is 0.926. The molecule has 1 unspecified atom stereocenters. The number of hydrogen-bond donors (Lipinski definition) is 0. The first-order chi connectivity index (χ1) is 2.56. The van der Waals surface area contributed by atoms with E-state index in [9.17, 15) is 0 Å². The van der Waals surface area contributed by atoms with Gasteiger partial charge in [-0.2, -0.15) is 0 Å². The van der Waals surface area contributed by atoms with Crippen molar-refractivity contribution in [1.29, 1.82) is 0 Å². The van der Waals surface area contributed by atoms with Gasteiger partial charge in [0.2, 0.25) is 0 Å². The van der Waals surface area contributed by atoms with Crippen LogP contribution in [0.3, 0.4) is 0 Å². The van der Waals surface area contributed by atoms with Crippen LogP contribution in [0.1, 0.15) is 6.92 Å². The average molecular weight is 170 g/mol. The Morgan fingerprint density at radius 3 is 2.17 bits per heavy atom. The van der Waals surface area contributed by atoms with E-state index in [0.717, 1.165) is 0 Å². The predicted molar refractivity (Wildman–Crippen MR) is 33.4 cm³/mol. The maximum absolute atomic E-state index is 5.37. The van der Waals surface area contributed by atoms with Gasteiger partial charge in [-0.05, 0) is 13.8 Å². The molecule has 0 aliphatic rings. The third-order valence-corrected chi connectivity index (χ3v) is 1.47. The maximum Gasteiger partial charge on any atom is 0.0374 e. The highest BCUT2D eigenvalue weighted by Crippen LogP contribution is 2.15. The smallest absolute Gasteiger partial charge is 0.0374 e. The van der Waals surface area contributed by atoms with Crippen molar-refractivity contribution in [1.82, 2.24) is 0 Å². The van der Waals surface area contributed by atoms with E-state index in [0.29, 0.717) is 5.88 Å². The SMILES string of the molecule is [CH2]C(C)(Br)CCl. The zero-order valence-corrected chi connectivity index (χ0v) is 6.01. The molecule has 6 heavy (non-hydrogen) atoms. The largest absolute Gasteiger partial charge is 0.125 e. The molecule has 0 aromatic rings. The summed E-state index contributed by atoms with van der Waals surface area (Å²) in [5, 5.41) is 0. The quantitative estimate of drug-likeness (QED) is 0.530. The summed E-state index contributed by atoms with van der Waals surface area (Å²) in [5.74, 6) is 0.549. The van der Waals surface area contributed by atoms with E-state index in [4.69, 9.17) is 11.6 Å². The van der Waals surface area contributed by atoms with Gasteiger partial charge in [0.05, 0.1) is 0 Å². The molecule has 0 bridgehead atoms. The summed E-state index contributed by atoms with van der Waals surface area (Å²) in [6.07, 6.45) is 0. The third kappa shape index (κ3) is 4.77. The molecule has 37 valence electrons. The minimum absolute atomic E-state index is 0.130. The number of halogens is 2. The van der Waals surface area contributed by atoms with Crippen LogP contribution >= 0.6 is 27.5 Å². The van der Waals surface area contributed by atoms with Crippen molar-refractivity contribution in [2.75, 3.05) is 5.88 Å². The second-order valence-corrected chi connectivity index (χ2v) is 3.73. The van der Waals surface area contributed by atoms with Gasteiger partial charge in [-0.25, -0.2) is 0 Å². The second-order valence-electron chi connectivity index (χ2n) is 1.55. The molecule has 0 N–H and O–H groups in total. The van der Waals surface area contributed by atoms with Crippen molar-refractivity contribution in [2.24, 2.45) is 0 Å². The van der Waals surface area contributed by atoms with E-state index in [1.807, 2.05) is 6.92 Å². The molecule has 0 aliphatic carbocycles. The zero-order valence-electron chi connectivity index (χ0n) is 3.67. The summed E-state index contributed by atoms with van der Waals surface area (Å²) in [6, 6.07) is 0. The first-order valence-corrected chi connectivity index (χ1v) is 2.99. The summed E-state index contributed by atoms with van der Waals surface area (Å²) in [6.45, 7) is 5.59.